The monoisotopic (exact) mass is 512 g/mol. The van der Waals surface area contributed by atoms with E-state index in [2.05, 4.69) is 24.1 Å². The topological polar surface area (TPSA) is 103 Å². The zero-order chi connectivity index (χ0) is 26.0. The van der Waals surface area contributed by atoms with Crippen LogP contribution in [0.15, 0.2) is 27.6 Å². The average molecular weight is 513 g/mol. The van der Waals surface area contributed by atoms with Crippen molar-refractivity contribution in [2.75, 3.05) is 26.2 Å². The van der Waals surface area contributed by atoms with Gasteiger partial charge in [-0.2, -0.15) is 0 Å². The third kappa shape index (κ3) is 3.94. The molecule has 1 aromatic heterocycles. The summed E-state index contributed by atoms with van der Waals surface area (Å²) in [7, 11) is 0. The van der Waals surface area contributed by atoms with Crippen LogP contribution in [-0.4, -0.2) is 58.9 Å². The molecule has 2 heterocycles. The molecular weight excluding hydrogens is 468 g/mol. The Morgan fingerprint density at radius 3 is 2.59 bits per heavy atom. The smallest absolute Gasteiger partial charge is 0.335 e. The van der Waals surface area contributed by atoms with Gasteiger partial charge >= 0.3 is 11.6 Å². The van der Waals surface area contributed by atoms with Crippen LogP contribution in [0.1, 0.15) is 83.1 Å². The highest BCUT2D eigenvalue weighted by atomic mass is 16.4. The van der Waals surface area contributed by atoms with E-state index in [1.54, 1.807) is 6.07 Å². The second-order valence-electron chi connectivity index (χ2n) is 13.5. The van der Waals surface area contributed by atoms with Crippen molar-refractivity contribution in [2.45, 2.75) is 89.2 Å². The van der Waals surface area contributed by atoms with E-state index >= 15 is 0 Å². The summed E-state index contributed by atoms with van der Waals surface area (Å²) in [6.07, 6.45) is 9.98. The van der Waals surface area contributed by atoms with Crippen molar-refractivity contribution in [3.8, 4) is 0 Å². The maximum Gasteiger partial charge on any atom is 0.335 e. The maximum absolute atomic E-state index is 12.7. The number of carbonyl (C=O) groups is 1. The summed E-state index contributed by atoms with van der Waals surface area (Å²) in [5.41, 5.74) is -0.637. The first-order chi connectivity index (χ1) is 17.7. The number of hydrogen-bond acceptors (Lipinski definition) is 6. The highest BCUT2D eigenvalue weighted by molar-refractivity contribution is 5.67. The van der Waals surface area contributed by atoms with Crippen LogP contribution in [0, 0.1) is 34.5 Å². The van der Waals surface area contributed by atoms with Crippen LogP contribution in [0.5, 0.6) is 0 Å². The number of aliphatic hydroxyl groups is 1. The Kier molecular flexibility index (Phi) is 6.36. The van der Waals surface area contributed by atoms with Gasteiger partial charge in [-0.3, -0.25) is 9.69 Å². The van der Waals surface area contributed by atoms with Gasteiger partial charge in [0.05, 0.1) is 11.9 Å². The molecular formula is C30H44N2O5. The molecule has 1 aromatic rings. The lowest BCUT2D eigenvalue weighted by Crippen LogP contribution is -2.62. The Bertz CT molecular complexity index is 1060. The van der Waals surface area contributed by atoms with Gasteiger partial charge in [-0.25, -0.2) is 4.79 Å². The minimum Gasteiger partial charge on any atom is -0.481 e. The molecule has 4 saturated carbocycles. The number of carboxylic acid groups (broad SMARTS) is 1. The maximum atomic E-state index is 12.7. The number of carboxylic acids is 1. The Labute approximate surface area is 220 Å². The quantitative estimate of drug-likeness (QED) is 0.563. The van der Waals surface area contributed by atoms with Crippen molar-refractivity contribution >= 4 is 5.97 Å². The standard InChI is InChI=1S/C30H44N2O5/c1-28-9-7-22(32-13-11-31-12-14-32)16-21(28)4-5-24-23(28)8-10-29(2)27(19-3-6-26(35)37-18-19)20(15-25(33)34)17-30(24,29)36/h3,6,18,20-24,27,31,36H,4-5,7-17H2,1-2H3,(H,33,34)/t20-,21-,22+,23+,24-,27+,28+,29-,30+/m1/s1. The first-order valence-corrected chi connectivity index (χ1v) is 14.6. The third-order valence-electron chi connectivity index (χ3n) is 12.2. The number of hydrogen-bond donors (Lipinski definition) is 3. The van der Waals surface area contributed by atoms with Crippen LogP contribution < -0.4 is 10.9 Å². The lowest BCUT2D eigenvalue weighted by Gasteiger charge is -2.64. The predicted octanol–water partition coefficient (Wildman–Crippen LogP) is 3.86. The van der Waals surface area contributed by atoms with E-state index in [9.17, 15) is 19.8 Å². The van der Waals surface area contributed by atoms with Crippen molar-refractivity contribution in [1.82, 2.24) is 10.2 Å². The van der Waals surface area contributed by atoms with Crippen molar-refractivity contribution in [3.05, 3.63) is 34.4 Å². The van der Waals surface area contributed by atoms with Gasteiger partial charge in [0.15, 0.2) is 0 Å². The molecule has 0 amide bonds. The molecule has 7 nitrogen and oxygen atoms in total. The molecule has 0 radical (unpaired) electrons. The first-order valence-electron chi connectivity index (χ1n) is 14.6. The fourth-order valence-electron chi connectivity index (χ4n) is 10.4. The van der Waals surface area contributed by atoms with E-state index in [1.807, 2.05) is 0 Å². The largest absolute Gasteiger partial charge is 0.481 e. The van der Waals surface area contributed by atoms with E-state index in [-0.39, 0.29) is 29.6 Å². The van der Waals surface area contributed by atoms with Crippen LogP contribution in [-0.2, 0) is 4.79 Å². The number of fused-ring (bicyclic) bond motifs is 5. The molecule has 6 rings (SSSR count). The number of rotatable bonds is 4. The number of aliphatic carboxylic acids is 1. The molecule has 5 aliphatic rings. The third-order valence-corrected chi connectivity index (χ3v) is 12.2. The molecule has 3 N–H and O–H groups in total. The molecule has 5 fully saturated rings. The Morgan fingerprint density at radius 1 is 1.11 bits per heavy atom. The highest BCUT2D eigenvalue weighted by Gasteiger charge is 2.69. The van der Waals surface area contributed by atoms with E-state index in [0.29, 0.717) is 24.3 Å². The molecule has 0 spiro atoms. The fourth-order valence-corrected chi connectivity index (χ4v) is 10.4. The molecule has 1 aliphatic heterocycles. The van der Waals surface area contributed by atoms with Gasteiger partial charge in [0.25, 0.3) is 0 Å². The molecule has 7 heteroatoms. The molecule has 4 aliphatic carbocycles. The van der Waals surface area contributed by atoms with Crippen LogP contribution in [0.25, 0.3) is 0 Å². The SMILES string of the molecule is C[C@]12CC[C@H](N3CCNCC3)C[C@H]1CC[C@@H]1[C@@H]2CC[C@]2(C)[C@@H](c3ccc(=O)oc3)[C@H](CC(=O)O)C[C@]12O. The van der Waals surface area contributed by atoms with E-state index in [4.69, 9.17) is 4.42 Å². The van der Waals surface area contributed by atoms with Crippen LogP contribution >= 0.6 is 0 Å². The average Bonchev–Trinajstić information content (AvgIpc) is 3.10. The minimum atomic E-state index is -0.903. The summed E-state index contributed by atoms with van der Waals surface area (Å²) >= 11 is 0. The molecule has 1 saturated heterocycles. The van der Waals surface area contributed by atoms with Gasteiger partial charge in [0, 0.05) is 50.1 Å². The number of nitrogens with zero attached hydrogens (tertiary/aromatic N) is 1. The number of nitrogens with one attached hydrogen (secondary N) is 1. The van der Waals surface area contributed by atoms with Crippen molar-refractivity contribution < 1.29 is 19.4 Å². The molecule has 0 bridgehead atoms. The van der Waals surface area contributed by atoms with Gasteiger partial charge in [-0.15, -0.1) is 0 Å². The minimum absolute atomic E-state index is 0.0331. The van der Waals surface area contributed by atoms with Gasteiger partial charge in [0.2, 0.25) is 0 Å². The zero-order valence-corrected chi connectivity index (χ0v) is 22.5. The normalized spacial score (nSPS) is 46.0. The van der Waals surface area contributed by atoms with Crippen LogP contribution in [0.4, 0.5) is 0 Å². The Hall–Kier alpha value is -1.70. The van der Waals surface area contributed by atoms with Crippen LogP contribution in [0.3, 0.4) is 0 Å². The lowest BCUT2D eigenvalue weighted by atomic mass is 9.43. The van der Waals surface area contributed by atoms with Gasteiger partial charge in [-0.1, -0.05) is 13.8 Å². The summed E-state index contributed by atoms with van der Waals surface area (Å²) in [4.78, 5) is 26.3. The Morgan fingerprint density at radius 2 is 1.89 bits per heavy atom. The van der Waals surface area contributed by atoms with Crippen molar-refractivity contribution in [1.29, 1.82) is 0 Å². The molecule has 37 heavy (non-hydrogen) atoms. The zero-order valence-electron chi connectivity index (χ0n) is 22.5. The van der Waals surface area contributed by atoms with E-state index in [1.165, 1.54) is 31.6 Å². The molecule has 9 atom stereocenters. The molecule has 0 unspecified atom stereocenters. The predicted molar refractivity (Wildman–Crippen MR) is 140 cm³/mol. The summed E-state index contributed by atoms with van der Waals surface area (Å²) in [6, 6.07) is 3.92. The van der Waals surface area contributed by atoms with Crippen molar-refractivity contribution in [3.63, 3.8) is 0 Å². The summed E-state index contributed by atoms with van der Waals surface area (Å²) < 4.78 is 5.24. The summed E-state index contributed by atoms with van der Waals surface area (Å²) in [5.74, 6) is 0.245. The Balaban J connectivity index is 1.29. The van der Waals surface area contributed by atoms with Gasteiger partial charge in [-0.05, 0) is 98.0 Å². The second-order valence-corrected chi connectivity index (χ2v) is 13.5. The van der Waals surface area contributed by atoms with E-state index in [0.717, 1.165) is 57.4 Å². The van der Waals surface area contributed by atoms with Crippen molar-refractivity contribution in [2.24, 2.45) is 34.5 Å². The number of piperazine rings is 1. The summed E-state index contributed by atoms with van der Waals surface area (Å²) in [5, 5.41) is 26.0. The fraction of sp³-hybridized carbons (Fsp3) is 0.800. The highest BCUT2D eigenvalue weighted by Crippen LogP contribution is 2.72. The van der Waals surface area contributed by atoms with Crippen LogP contribution in [0.2, 0.25) is 0 Å². The van der Waals surface area contributed by atoms with E-state index < -0.39 is 22.6 Å². The second kappa shape index (κ2) is 9.20. The molecule has 204 valence electrons. The molecule has 0 aromatic carbocycles. The van der Waals surface area contributed by atoms with Gasteiger partial charge < -0.3 is 19.9 Å². The van der Waals surface area contributed by atoms with Gasteiger partial charge in [0.1, 0.15) is 0 Å². The summed E-state index contributed by atoms with van der Waals surface area (Å²) in [6.45, 7) is 9.21. The lowest BCUT2D eigenvalue weighted by molar-refractivity contribution is -0.204. The first kappa shape index (κ1) is 25.6.